The molecule has 0 bridgehead atoms. The molecule has 2 heterocycles. The second-order valence-corrected chi connectivity index (χ2v) is 10.7. The Labute approximate surface area is 260 Å². The van der Waals surface area contributed by atoms with Crippen LogP contribution in [0.25, 0.3) is 22.2 Å². The van der Waals surface area contributed by atoms with Crippen LogP contribution in [-0.2, 0) is 17.9 Å². The van der Waals surface area contributed by atoms with E-state index in [0.717, 1.165) is 55.2 Å². The highest BCUT2D eigenvalue weighted by molar-refractivity contribution is 6.32. The fourth-order valence-electron chi connectivity index (χ4n) is 4.83. The van der Waals surface area contributed by atoms with Gasteiger partial charge in [0.05, 0.1) is 29.8 Å². The quantitative estimate of drug-likeness (QED) is 0.0844. The maximum Gasteiger partial charge on any atom is 0.141 e. The van der Waals surface area contributed by atoms with Crippen molar-refractivity contribution < 1.29 is 23.1 Å². The summed E-state index contributed by atoms with van der Waals surface area (Å²) in [6.45, 7) is 1.69. The summed E-state index contributed by atoms with van der Waals surface area (Å²) < 4.78 is 31.2. The largest absolute Gasteiger partial charge is 0.496 e. The molecule has 0 radical (unpaired) electrons. The summed E-state index contributed by atoms with van der Waals surface area (Å²) in [5.74, 6) is 2.88. The van der Waals surface area contributed by atoms with Crippen LogP contribution >= 0.6 is 11.6 Å². The highest BCUT2D eigenvalue weighted by Gasteiger charge is 2.16. The number of benzene rings is 3. The number of rotatable bonds is 16. The number of furan rings is 1. The Bertz CT molecular complexity index is 1710. The van der Waals surface area contributed by atoms with Crippen LogP contribution in [0.2, 0.25) is 5.02 Å². The van der Waals surface area contributed by atoms with Crippen LogP contribution in [0.15, 0.2) is 77.5 Å². The predicted octanol–water partition coefficient (Wildman–Crippen LogP) is 8.25. The summed E-state index contributed by atoms with van der Waals surface area (Å²) in [5.41, 5.74) is 2.89. The number of nitrogens with zero attached hydrogens (tertiary/aromatic N) is 2. The second-order valence-electron chi connectivity index (χ2n) is 10.3. The van der Waals surface area contributed by atoms with E-state index in [-0.39, 0.29) is 12.4 Å². The lowest BCUT2D eigenvalue weighted by molar-refractivity contribution is -0.107. The van der Waals surface area contributed by atoms with Gasteiger partial charge in [0.15, 0.2) is 0 Å². The second kappa shape index (κ2) is 15.3. The number of carbonyl (C=O) groups excluding carboxylic acids is 1. The molecule has 10 heteroatoms. The maximum absolute atomic E-state index is 13.5. The first-order chi connectivity index (χ1) is 21.5. The number of hydrogen-bond donors (Lipinski definition) is 2. The number of hydrogen-bond acceptors (Lipinski definition) is 8. The lowest BCUT2D eigenvalue weighted by Gasteiger charge is -2.13. The molecule has 2 aromatic heterocycles. The summed E-state index contributed by atoms with van der Waals surface area (Å²) in [6.07, 6.45) is 7.27. The average Bonchev–Trinajstić information content (AvgIpc) is 3.50. The van der Waals surface area contributed by atoms with Crippen molar-refractivity contribution in [2.45, 2.75) is 45.3 Å². The molecule has 44 heavy (non-hydrogen) atoms. The summed E-state index contributed by atoms with van der Waals surface area (Å²) >= 11 is 6.52. The molecule has 228 valence electrons. The number of ether oxygens (including phenoxy) is 2. The zero-order valence-corrected chi connectivity index (χ0v) is 25.2. The van der Waals surface area contributed by atoms with Gasteiger partial charge in [0.2, 0.25) is 0 Å². The fourth-order valence-corrected chi connectivity index (χ4v) is 5.06. The molecule has 5 rings (SSSR count). The normalized spacial score (nSPS) is 11.1. The molecule has 3 aromatic carbocycles. The summed E-state index contributed by atoms with van der Waals surface area (Å²) in [4.78, 5) is 19.4. The zero-order valence-electron chi connectivity index (χ0n) is 24.4. The summed E-state index contributed by atoms with van der Waals surface area (Å²) in [6, 6.07) is 19.3. The van der Waals surface area contributed by atoms with Crippen LogP contribution < -0.4 is 20.1 Å². The van der Waals surface area contributed by atoms with Gasteiger partial charge in [-0.15, -0.1) is 0 Å². The minimum atomic E-state index is -0.315. The standard InChI is InChI=1S/C34H34ClFN4O4/c1-42-33-19-30-27(18-28(33)31-13-11-26(44-31)20-37-14-5-3-2-4-6-15-41)34(39-22-38-30)40-25-10-12-32(29(35)17-25)43-21-23-8-7-9-24(36)16-23/h7-13,15-19,22,37H,2-6,14,20-21H2,1H3,(H,38,39,40). The van der Waals surface area contributed by atoms with Crippen molar-refractivity contribution in [1.82, 2.24) is 15.3 Å². The summed E-state index contributed by atoms with van der Waals surface area (Å²) in [7, 11) is 1.62. The van der Waals surface area contributed by atoms with Crippen molar-refractivity contribution in [2.75, 3.05) is 19.0 Å². The number of methoxy groups -OCH3 is 1. The van der Waals surface area contributed by atoms with Gasteiger partial charge in [-0.3, -0.25) is 0 Å². The predicted molar refractivity (Wildman–Crippen MR) is 170 cm³/mol. The first-order valence-corrected chi connectivity index (χ1v) is 14.9. The molecule has 0 atom stereocenters. The van der Waals surface area contributed by atoms with Gasteiger partial charge in [0.1, 0.15) is 53.9 Å². The zero-order chi connectivity index (χ0) is 30.7. The number of halogens is 2. The minimum Gasteiger partial charge on any atom is -0.496 e. The molecule has 0 unspecified atom stereocenters. The lowest BCUT2D eigenvalue weighted by Crippen LogP contribution is -2.14. The third kappa shape index (κ3) is 8.12. The third-order valence-electron chi connectivity index (χ3n) is 7.09. The Balaban J connectivity index is 1.28. The maximum atomic E-state index is 13.5. The number of carbonyl (C=O) groups is 1. The van der Waals surface area contributed by atoms with E-state index in [0.29, 0.717) is 57.8 Å². The van der Waals surface area contributed by atoms with Crippen LogP contribution in [-0.4, -0.2) is 29.9 Å². The highest BCUT2D eigenvalue weighted by atomic mass is 35.5. The molecule has 0 aliphatic carbocycles. The van der Waals surface area contributed by atoms with Crippen molar-refractivity contribution in [3.63, 3.8) is 0 Å². The highest BCUT2D eigenvalue weighted by Crippen LogP contribution is 2.37. The average molecular weight is 617 g/mol. The third-order valence-corrected chi connectivity index (χ3v) is 7.38. The first kappa shape index (κ1) is 31.0. The van der Waals surface area contributed by atoms with Crippen LogP contribution in [0, 0.1) is 5.82 Å². The first-order valence-electron chi connectivity index (χ1n) is 14.5. The summed E-state index contributed by atoms with van der Waals surface area (Å²) in [5, 5.41) is 7.93. The molecule has 5 aromatic rings. The van der Waals surface area contributed by atoms with Crippen LogP contribution in [0.1, 0.15) is 43.4 Å². The fraction of sp³-hybridized carbons (Fsp3) is 0.265. The van der Waals surface area contributed by atoms with Gasteiger partial charge in [-0.2, -0.15) is 0 Å². The van der Waals surface area contributed by atoms with Crippen molar-refractivity contribution >= 4 is 40.3 Å². The molecule has 0 aliphatic heterocycles. The van der Waals surface area contributed by atoms with Crippen molar-refractivity contribution in [3.8, 4) is 22.8 Å². The number of fused-ring (bicyclic) bond motifs is 1. The molecule has 2 N–H and O–H groups in total. The van der Waals surface area contributed by atoms with Crippen LogP contribution in [0.4, 0.5) is 15.9 Å². The van der Waals surface area contributed by atoms with Gasteiger partial charge in [0.25, 0.3) is 0 Å². The van der Waals surface area contributed by atoms with E-state index in [9.17, 15) is 9.18 Å². The van der Waals surface area contributed by atoms with Crippen LogP contribution in [0.3, 0.4) is 0 Å². The molecule has 0 aliphatic rings. The van der Waals surface area contributed by atoms with Gasteiger partial charge >= 0.3 is 0 Å². The van der Waals surface area contributed by atoms with E-state index in [2.05, 4.69) is 20.6 Å². The molecule has 0 fully saturated rings. The Morgan fingerprint density at radius 1 is 0.977 bits per heavy atom. The van der Waals surface area contributed by atoms with E-state index in [4.69, 9.17) is 25.5 Å². The number of nitrogens with one attached hydrogen (secondary N) is 2. The van der Waals surface area contributed by atoms with E-state index >= 15 is 0 Å². The molecule has 8 nitrogen and oxygen atoms in total. The Morgan fingerprint density at radius 2 is 1.86 bits per heavy atom. The smallest absolute Gasteiger partial charge is 0.141 e. The molecule has 0 saturated heterocycles. The monoisotopic (exact) mass is 616 g/mol. The van der Waals surface area contributed by atoms with E-state index in [1.807, 2.05) is 30.3 Å². The molecule has 0 spiro atoms. The van der Waals surface area contributed by atoms with Gasteiger partial charge in [-0.1, -0.05) is 36.6 Å². The molecular weight excluding hydrogens is 583 g/mol. The van der Waals surface area contributed by atoms with E-state index in [1.54, 1.807) is 31.4 Å². The lowest BCUT2D eigenvalue weighted by atomic mass is 10.1. The molecular formula is C34H34ClFN4O4. The van der Waals surface area contributed by atoms with Gasteiger partial charge in [-0.25, -0.2) is 14.4 Å². The van der Waals surface area contributed by atoms with Gasteiger partial charge < -0.3 is 29.3 Å². The number of anilines is 2. The van der Waals surface area contributed by atoms with Gasteiger partial charge in [0, 0.05) is 23.6 Å². The van der Waals surface area contributed by atoms with Crippen molar-refractivity contribution in [3.05, 3.63) is 95.2 Å². The van der Waals surface area contributed by atoms with Crippen LogP contribution in [0.5, 0.6) is 11.5 Å². The Kier molecular flexibility index (Phi) is 10.8. The minimum absolute atomic E-state index is 0.194. The van der Waals surface area contributed by atoms with E-state index in [1.165, 1.54) is 18.5 Å². The SMILES string of the molecule is COc1cc2ncnc(Nc3ccc(OCc4cccc(F)c4)c(Cl)c3)c2cc1-c1ccc(CNCCCCCCC=O)o1. The Hall–Kier alpha value is -4.47. The van der Waals surface area contributed by atoms with Crippen molar-refractivity contribution in [2.24, 2.45) is 0 Å². The number of unbranched alkanes of at least 4 members (excludes halogenated alkanes) is 4. The molecule has 0 saturated carbocycles. The van der Waals surface area contributed by atoms with Crippen molar-refractivity contribution in [1.29, 1.82) is 0 Å². The number of aldehydes is 1. The topological polar surface area (TPSA) is 98.5 Å². The Morgan fingerprint density at radius 3 is 2.68 bits per heavy atom. The van der Waals surface area contributed by atoms with Gasteiger partial charge in [-0.05, 0) is 73.5 Å². The number of aromatic nitrogens is 2. The van der Waals surface area contributed by atoms with E-state index < -0.39 is 0 Å². The molecule has 0 amide bonds.